The van der Waals surface area contributed by atoms with Crippen LogP contribution in [0.3, 0.4) is 0 Å². The Morgan fingerprint density at radius 2 is 1.47 bits per heavy atom. The summed E-state index contributed by atoms with van der Waals surface area (Å²) in [4.78, 5) is 12.9. The summed E-state index contributed by atoms with van der Waals surface area (Å²) in [6.07, 6.45) is 0.480. The molecule has 3 aromatic carbocycles. The molecular formula is C24H24Cl2N2O3S. The number of rotatable bonds is 9. The maximum Gasteiger partial charge on any atom is 0.243 e. The highest BCUT2D eigenvalue weighted by atomic mass is 35.5. The van der Waals surface area contributed by atoms with Crippen molar-refractivity contribution in [3.8, 4) is 0 Å². The molecule has 32 heavy (non-hydrogen) atoms. The van der Waals surface area contributed by atoms with E-state index in [4.69, 9.17) is 23.2 Å². The molecule has 0 fully saturated rings. The van der Waals surface area contributed by atoms with Crippen LogP contribution in [0.25, 0.3) is 0 Å². The van der Waals surface area contributed by atoms with E-state index in [9.17, 15) is 13.2 Å². The fourth-order valence-corrected chi connectivity index (χ4v) is 4.87. The molecule has 3 rings (SSSR count). The van der Waals surface area contributed by atoms with Crippen LogP contribution in [0.4, 0.5) is 0 Å². The van der Waals surface area contributed by atoms with Gasteiger partial charge in [-0.3, -0.25) is 4.79 Å². The Balaban J connectivity index is 1.77. The van der Waals surface area contributed by atoms with Crippen LogP contribution in [0.1, 0.15) is 24.1 Å². The van der Waals surface area contributed by atoms with E-state index in [0.717, 1.165) is 11.1 Å². The van der Waals surface area contributed by atoms with E-state index in [1.807, 2.05) is 49.4 Å². The summed E-state index contributed by atoms with van der Waals surface area (Å²) in [6.45, 7) is 1.70. The van der Waals surface area contributed by atoms with E-state index in [0.29, 0.717) is 16.5 Å². The molecule has 0 saturated carbocycles. The van der Waals surface area contributed by atoms with Gasteiger partial charge in [-0.2, -0.15) is 4.31 Å². The molecule has 8 heteroatoms. The predicted octanol–water partition coefficient (Wildman–Crippen LogP) is 5.10. The Bertz CT molecular complexity index is 1140. The number of benzene rings is 3. The zero-order valence-corrected chi connectivity index (χ0v) is 19.9. The summed E-state index contributed by atoms with van der Waals surface area (Å²) in [5.74, 6) is -0.391. The van der Waals surface area contributed by atoms with Crippen LogP contribution in [0, 0.1) is 0 Å². The number of nitrogens with zero attached hydrogens (tertiary/aromatic N) is 1. The van der Waals surface area contributed by atoms with Gasteiger partial charge in [0.1, 0.15) is 0 Å². The average molecular weight is 491 g/mol. The fraction of sp³-hybridized carbons (Fsp3) is 0.208. The summed E-state index contributed by atoms with van der Waals surface area (Å²) in [6, 6.07) is 22.3. The molecule has 0 aliphatic carbocycles. The van der Waals surface area contributed by atoms with Gasteiger partial charge in [-0.1, -0.05) is 65.7 Å². The first-order valence-electron chi connectivity index (χ1n) is 10.1. The van der Waals surface area contributed by atoms with Gasteiger partial charge in [0.05, 0.1) is 17.5 Å². The van der Waals surface area contributed by atoms with Crippen LogP contribution >= 0.6 is 23.2 Å². The first-order valence-corrected chi connectivity index (χ1v) is 12.3. The monoisotopic (exact) mass is 490 g/mol. The summed E-state index contributed by atoms with van der Waals surface area (Å²) >= 11 is 11.8. The molecule has 1 N–H and O–H groups in total. The highest BCUT2D eigenvalue weighted by Crippen LogP contribution is 2.20. The molecule has 0 aromatic heterocycles. The highest BCUT2D eigenvalue weighted by Gasteiger charge is 2.27. The Morgan fingerprint density at radius 1 is 0.906 bits per heavy atom. The van der Waals surface area contributed by atoms with Crippen molar-refractivity contribution in [3.63, 3.8) is 0 Å². The van der Waals surface area contributed by atoms with Crippen molar-refractivity contribution in [1.82, 2.24) is 9.62 Å². The first-order chi connectivity index (χ1) is 15.3. The normalized spacial score (nSPS) is 12.5. The molecular weight excluding hydrogens is 467 g/mol. The van der Waals surface area contributed by atoms with Crippen molar-refractivity contribution in [2.75, 3.05) is 13.1 Å². The van der Waals surface area contributed by atoms with Crippen LogP contribution < -0.4 is 5.32 Å². The molecule has 0 heterocycles. The largest absolute Gasteiger partial charge is 0.348 e. The second-order valence-electron chi connectivity index (χ2n) is 7.37. The third-order valence-corrected chi connectivity index (χ3v) is 7.37. The van der Waals surface area contributed by atoms with Crippen molar-refractivity contribution in [2.24, 2.45) is 0 Å². The lowest BCUT2D eigenvalue weighted by atomic mass is 10.1. The van der Waals surface area contributed by atoms with Gasteiger partial charge in [0, 0.05) is 16.6 Å². The smallest absolute Gasteiger partial charge is 0.243 e. The fourth-order valence-electron chi connectivity index (χ4n) is 3.22. The van der Waals surface area contributed by atoms with Gasteiger partial charge in [0.2, 0.25) is 15.9 Å². The molecule has 0 aliphatic rings. The minimum absolute atomic E-state index is 0.0912. The first kappa shape index (κ1) is 24.3. The lowest BCUT2D eigenvalue weighted by molar-refractivity contribution is -0.121. The zero-order valence-electron chi connectivity index (χ0n) is 17.5. The van der Waals surface area contributed by atoms with Gasteiger partial charge in [0.25, 0.3) is 0 Å². The van der Waals surface area contributed by atoms with Gasteiger partial charge < -0.3 is 5.32 Å². The number of carbonyl (C=O) groups excluding carboxylic acids is 1. The molecule has 3 aromatic rings. The number of carbonyl (C=O) groups is 1. The van der Waals surface area contributed by atoms with Crippen molar-refractivity contribution in [2.45, 2.75) is 24.3 Å². The van der Waals surface area contributed by atoms with Crippen molar-refractivity contribution < 1.29 is 13.2 Å². The summed E-state index contributed by atoms with van der Waals surface area (Å²) in [7, 11) is -3.89. The standard InChI is InChI=1S/C24H24Cl2N2O3S/c1-18(20-7-9-21(25)10-8-20)27-24(29)17-28(16-15-19-5-3-2-4-6-19)32(30,31)23-13-11-22(26)12-14-23/h2-14,18H,15-17H2,1H3,(H,27,29)/t18-/m1/s1. The van der Waals surface area contributed by atoms with E-state index >= 15 is 0 Å². The highest BCUT2D eigenvalue weighted by molar-refractivity contribution is 7.89. The van der Waals surface area contributed by atoms with Crippen LogP contribution in [-0.2, 0) is 21.2 Å². The van der Waals surface area contributed by atoms with Crippen LogP contribution in [0.2, 0.25) is 10.0 Å². The maximum absolute atomic E-state index is 13.3. The van der Waals surface area contributed by atoms with E-state index in [1.54, 1.807) is 12.1 Å². The van der Waals surface area contributed by atoms with Crippen LogP contribution in [0.15, 0.2) is 83.8 Å². The molecule has 0 saturated heterocycles. The van der Waals surface area contributed by atoms with Gasteiger partial charge in [-0.15, -0.1) is 0 Å². The number of amides is 1. The van der Waals surface area contributed by atoms with E-state index in [2.05, 4.69) is 5.32 Å². The molecule has 0 aliphatic heterocycles. The van der Waals surface area contributed by atoms with Crippen molar-refractivity contribution in [3.05, 3.63) is 100 Å². The molecule has 1 atom stereocenters. The molecule has 5 nitrogen and oxygen atoms in total. The number of nitrogens with one attached hydrogen (secondary N) is 1. The quantitative estimate of drug-likeness (QED) is 0.453. The SMILES string of the molecule is C[C@@H](NC(=O)CN(CCc1ccccc1)S(=O)(=O)c1ccc(Cl)cc1)c1ccc(Cl)cc1. The molecule has 1 amide bonds. The Labute approximate surface area is 199 Å². The lowest BCUT2D eigenvalue weighted by Gasteiger charge is -2.23. The van der Waals surface area contributed by atoms with E-state index < -0.39 is 15.9 Å². The molecule has 0 radical (unpaired) electrons. The van der Waals surface area contributed by atoms with Crippen molar-refractivity contribution >= 4 is 39.1 Å². The molecule has 0 bridgehead atoms. The average Bonchev–Trinajstić information content (AvgIpc) is 2.78. The van der Waals surface area contributed by atoms with Crippen LogP contribution in [0.5, 0.6) is 0 Å². The molecule has 0 unspecified atom stereocenters. The third kappa shape index (κ3) is 6.56. The topological polar surface area (TPSA) is 66.5 Å². The Hall–Kier alpha value is -2.38. The van der Waals surface area contributed by atoms with Gasteiger partial charge in [-0.25, -0.2) is 8.42 Å². The Kier molecular flexibility index (Phi) is 8.32. The predicted molar refractivity (Wildman–Crippen MR) is 128 cm³/mol. The summed E-state index contributed by atoms with van der Waals surface area (Å²) < 4.78 is 27.8. The number of hydrogen-bond donors (Lipinski definition) is 1. The zero-order chi connectivity index (χ0) is 23.1. The molecule has 168 valence electrons. The third-order valence-electron chi connectivity index (χ3n) is 5.01. The Morgan fingerprint density at radius 3 is 2.06 bits per heavy atom. The lowest BCUT2D eigenvalue weighted by Crippen LogP contribution is -2.42. The van der Waals surface area contributed by atoms with Crippen molar-refractivity contribution in [1.29, 1.82) is 0 Å². The second kappa shape index (κ2) is 11.0. The number of sulfonamides is 1. The molecule has 0 spiro atoms. The summed E-state index contributed by atoms with van der Waals surface area (Å²) in [5, 5.41) is 3.91. The maximum atomic E-state index is 13.3. The second-order valence-corrected chi connectivity index (χ2v) is 10.2. The van der Waals surface area contributed by atoms with Gasteiger partial charge in [0.15, 0.2) is 0 Å². The van der Waals surface area contributed by atoms with E-state index in [-0.39, 0.29) is 24.0 Å². The van der Waals surface area contributed by atoms with Crippen LogP contribution in [-0.4, -0.2) is 31.7 Å². The number of halogens is 2. The minimum atomic E-state index is -3.89. The number of hydrogen-bond acceptors (Lipinski definition) is 3. The van der Waals surface area contributed by atoms with E-state index in [1.165, 1.54) is 28.6 Å². The van der Waals surface area contributed by atoms with Gasteiger partial charge in [-0.05, 0) is 60.9 Å². The minimum Gasteiger partial charge on any atom is -0.348 e. The summed E-state index contributed by atoms with van der Waals surface area (Å²) in [5.41, 5.74) is 1.86. The van der Waals surface area contributed by atoms with Gasteiger partial charge >= 0.3 is 0 Å².